The Labute approximate surface area is 127 Å². The number of thiophene rings is 1. The SMILES string of the molecule is Cc1csc2c(N3CCC(C(=O)NC4CC4)C3)ncnc12. The van der Waals surface area contributed by atoms with E-state index in [1.165, 1.54) is 5.56 Å². The van der Waals surface area contributed by atoms with Gasteiger partial charge in [0.15, 0.2) is 0 Å². The summed E-state index contributed by atoms with van der Waals surface area (Å²) in [4.78, 5) is 23.2. The van der Waals surface area contributed by atoms with Gasteiger partial charge in [-0.1, -0.05) is 0 Å². The number of rotatable bonds is 3. The van der Waals surface area contributed by atoms with Crippen molar-refractivity contribution in [3.63, 3.8) is 0 Å². The van der Waals surface area contributed by atoms with Gasteiger partial charge in [-0.05, 0) is 37.1 Å². The first-order valence-electron chi connectivity index (χ1n) is 7.46. The van der Waals surface area contributed by atoms with E-state index in [0.717, 1.165) is 48.4 Å². The molecule has 5 nitrogen and oxygen atoms in total. The normalized spacial score (nSPS) is 22.0. The lowest BCUT2D eigenvalue weighted by Crippen LogP contribution is -2.34. The van der Waals surface area contributed by atoms with Gasteiger partial charge in [0.25, 0.3) is 0 Å². The molecule has 1 unspecified atom stereocenters. The van der Waals surface area contributed by atoms with Gasteiger partial charge in [0, 0.05) is 19.1 Å². The highest BCUT2D eigenvalue weighted by molar-refractivity contribution is 7.18. The molecule has 1 saturated carbocycles. The molecule has 4 rings (SSSR count). The van der Waals surface area contributed by atoms with Crippen molar-refractivity contribution in [1.82, 2.24) is 15.3 Å². The quantitative estimate of drug-likeness (QED) is 0.943. The number of aryl methyl sites for hydroxylation is 1. The van der Waals surface area contributed by atoms with Gasteiger partial charge in [0.05, 0.1) is 16.1 Å². The summed E-state index contributed by atoms with van der Waals surface area (Å²) < 4.78 is 1.14. The zero-order valence-electron chi connectivity index (χ0n) is 12.0. The smallest absolute Gasteiger partial charge is 0.225 e. The van der Waals surface area contributed by atoms with Gasteiger partial charge in [-0.2, -0.15) is 0 Å². The Bertz CT molecular complexity index is 694. The van der Waals surface area contributed by atoms with Crippen molar-refractivity contribution >= 4 is 33.3 Å². The van der Waals surface area contributed by atoms with Crippen LogP contribution in [0.5, 0.6) is 0 Å². The molecule has 1 amide bonds. The lowest BCUT2D eigenvalue weighted by Gasteiger charge is -2.17. The predicted molar refractivity (Wildman–Crippen MR) is 83.6 cm³/mol. The van der Waals surface area contributed by atoms with E-state index in [4.69, 9.17) is 0 Å². The maximum atomic E-state index is 12.2. The van der Waals surface area contributed by atoms with E-state index in [1.807, 2.05) is 0 Å². The summed E-state index contributed by atoms with van der Waals surface area (Å²) in [6.07, 6.45) is 4.83. The number of amides is 1. The van der Waals surface area contributed by atoms with Gasteiger partial charge in [0.1, 0.15) is 12.1 Å². The van der Waals surface area contributed by atoms with Gasteiger partial charge in [-0.25, -0.2) is 9.97 Å². The number of hydrogen-bond acceptors (Lipinski definition) is 5. The molecule has 3 heterocycles. The number of anilines is 1. The van der Waals surface area contributed by atoms with Crippen molar-refractivity contribution in [2.24, 2.45) is 5.92 Å². The van der Waals surface area contributed by atoms with Gasteiger partial charge in [-0.15, -0.1) is 11.3 Å². The number of nitrogens with zero attached hydrogens (tertiary/aromatic N) is 3. The van der Waals surface area contributed by atoms with Crippen molar-refractivity contribution in [1.29, 1.82) is 0 Å². The molecule has 2 fully saturated rings. The highest BCUT2D eigenvalue weighted by Gasteiger charge is 2.33. The third kappa shape index (κ3) is 2.37. The van der Waals surface area contributed by atoms with Crippen LogP contribution in [0.15, 0.2) is 11.7 Å². The molecule has 6 heteroatoms. The molecule has 0 bridgehead atoms. The molecule has 2 aromatic heterocycles. The van der Waals surface area contributed by atoms with E-state index in [1.54, 1.807) is 17.7 Å². The van der Waals surface area contributed by atoms with E-state index in [9.17, 15) is 4.79 Å². The van der Waals surface area contributed by atoms with Crippen LogP contribution < -0.4 is 10.2 Å². The van der Waals surface area contributed by atoms with Crippen LogP contribution in [0, 0.1) is 12.8 Å². The van der Waals surface area contributed by atoms with E-state index < -0.39 is 0 Å². The minimum Gasteiger partial charge on any atom is -0.355 e. The van der Waals surface area contributed by atoms with Crippen LogP contribution >= 0.6 is 11.3 Å². The fourth-order valence-electron chi connectivity index (χ4n) is 2.90. The maximum absolute atomic E-state index is 12.2. The van der Waals surface area contributed by atoms with Crippen LogP contribution in [0.4, 0.5) is 5.82 Å². The van der Waals surface area contributed by atoms with Gasteiger partial charge in [-0.3, -0.25) is 4.79 Å². The monoisotopic (exact) mass is 302 g/mol. The second kappa shape index (κ2) is 4.94. The number of nitrogens with one attached hydrogen (secondary N) is 1. The van der Waals surface area contributed by atoms with Crippen LogP contribution in [-0.2, 0) is 4.79 Å². The lowest BCUT2D eigenvalue weighted by molar-refractivity contribution is -0.124. The van der Waals surface area contributed by atoms with Crippen LogP contribution in [0.1, 0.15) is 24.8 Å². The average molecular weight is 302 g/mol. The first-order chi connectivity index (χ1) is 10.2. The van der Waals surface area contributed by atoms with Crippen molar-refractivity contribution in [3.05, 3.63) is 17.3 Å². The first kappa shape index (κ1) is 13.0. The third-order valence-electron chi connectivity index (χ3n) is 4.29. The lowest BCUT2D eigenvalue weighted by atomic mass is 10.1. The summed E-state index contributed by atoms with van der Waals surface area (Å²) >= 11 is 1.69. The van der Waals surface area contributed by atoms with Crippen molar-refractivity contribution in [2.75, 3.05) is 18.0 Å². The first-order valence-corrected chi connectivity index (χ1v) is 8.34. The summed E-state index contributed by atoms with van der Waals surface area (Å²) in [6, 6.07) is 0.442. The third-order valence-corrected chi connectivity index (χ3v) is 5.38. The Morgan fingerprint density at radius 3 is 3.05 bits per heavy atom. The highest BCUT2D eigenvalue weighted by atomic mass is 32.1. The molecule has 0 spiro atoms. The zero-order valence-corrected chi connectivity index (χ0v) is 12.8. The molecule has 0 aromatic carbocycles. The Morgan fingerprint density at radius 1 is 1.38 bits per heavy atom. The van der Waals surface area contributed by atoms with Gasteiger partial charge < -0.3 is 10.2 Å². The Hall–Kier alpha value is -1.69. The average Bonchev–Trinajstić information content (AvgIpc) is 3.02. The van der Waals surface area contributed by atoms with Crippen LogP contribution in [0.2, 0.25) is 0 Å². The van der Waals surface area contributed by atoms with E-state index in [-0.39, 0.29) is 11.8 Å². The topological polar surface area (TPSA) is 58.1 Å². The van der Waals surface area contributed by atoms with Crippen LogP contribution in [-0.4, -0.2) is 35.0 Å². The molecule has 1 aliphatic heterocycles. The molecular formula is C15H18N4OS. The van der Waals surface area contributed by atoms with Gasteiger partial charge >= 0.3 is 0 Å². The molecule has 0 radical (unpaired) electrons. The molecule has 110 valence electrons. The summed E-state index contributed by atoms with van der Waals surface area (Å²) in [7, 11) is 0. The fourth-order valence-corrected chi connectivity index (χ4v) is 3.91. The Kier molecular flexibility index (Phi) is 3.06. The van der Waals surface area contributed by atoms with Crippen molar-refractivity contribution < 1.29 is 4.79 Å². The molecule has 1 N–H and O–H groups in total. The molecular weight excluding hydrogens is 284 g/mol. The predicted octanol–water partition coefficient (Wildman–Crippen LogP) is 2.10. The van der Waals surface area contributed by atoms with E-state index >= 15 is 0 Å². The van der Waals surface area contributed by atoms with Crippen LogP contribution in [0.3, 0.4) is 0 Å². The second-order valence-electron chi connectivity index (χ2n) is 6.01. The summed E-state index contributed by atoms with van der Waals surface area (Å²) in [5.41, 5.74) is 2.23. The molecule has 2 aromatic rings. The molecule has 2 aliphatic rings. The van der Waals surface area contributed by atoms with E-state index in [2.05, 4.69) is 32.5 Å². The van der Waals surface area contributed by atoms with Crippen LogP contribution in [0.25, 0.3) is 10.2 Å². The minimum absolute atomic E-state index is 0.0941. The number of carbonyl (C=O) groups excluding carboxylic acids is 1. The number of aromatic nitrogens is 2. The van der Waals surface area contributed by atoms with Gasteiger partial charge in [0.2, 0.25) is 5.91 Å². The second-order valence-corrected chi connectivity index (χ2v) is 6.89. The number of hydrogen-bond donors (Lipinski definition) is 1. The summed E-state index contributed by atoms with van der Waals surface area (Å²) in [5.74, 6) is 1.30. The Morgan fingerprint density at radius 2 is 2.24 bits per heavy atom. The summed E-state index contributed by atoms with van der Waals surface area (Å²) in [5, 5.41) is 5.23. The van der Waals surface area contributed by atoms with Crippen molar-refractivity contribution in [3.8, 4) is 0 Å². The standard InChI is InChI=1S/C15H18N4OS/c1-9-7-21-13-12(9)16-8-17-14(13)19-5-4-10(6-19)15(20)18-11-2-3-11/h7-8,10-11H,2-6H2,1H3,(H,18,20). The maximum Gasteiger partial charge on any atom is 0.225 e. The van der Waals surface area contributed by atoms with Crippen molar-refractivity contribution in [2.45, 2.75) is 32.2 Å². The molecule has 1 atom stereocenters. The highest BCUT2D eigenvalue weighted by Crippen LogP contribution is 2.33. The largest absolute Gasteiger partial charge is 0.355 e. The fraction of sp³-hybridized carbons (Fsp3) is 0.533. The molecule has 1 aliphatic carbocycles. The zero-order chi connectivity index (χ0) is 14.4. The minimum atomic E-state index is 0.0941. The molecule has 1 saturated heterocycles. The Balaban J connectivity index is 1.55. The number of fused-ring (bicyclic) bond motifs is 1. The number of carbonyl (C=O) groups is 1. The van der Waals surface area contributed by atoms with E-state index in [0.29, 0.717) is 6.04 Å². The molecule has 21 heavy (non-hydrogen) atoms. The summed E-state index contributed by atoms with van der Waals surface area (Å²) in [6.45, 7) is 3.74.